The summed E-state index contributed by atoms with van der Waals surface area (Å²) in [6.45, 7) is 3.78. The molecule has 1 atom stereocenters. The Morgan fingerprint density at radius 3 is 2.76 bits per heavy atom. The van der Waals surface area contributed by atoms with Gasteiger partial charge < -0.3 is 9.73 Å². The highest BCUT2D eigenvalue weighted by atomic mass is 19.1. The molecule has 4 rings (SSSR count). The third kappa shape index (κ3) is 3.20. The zero-order valence-corrected chi connectivity index (χ0v) is 16.2. The fourth-order valence-electron chi connectivity index (χ4n) is 3.54. The van der Waals surface area contributed by atoms with Crippen LogP contribution in [0, 0.1) is 5.82 Å². The summed E-state index contributed by atoms with van der Waals surface area (Å²) in [7, 11) is 0. The Morgan fingerprint density at radius 1 is 1.24 bits per heavy atom. The molecule has 1 aromatic carbocycles. The van der Waals surface area contributed by atoms with Gasteiger partial charge in [-0.05, 0) is 12.5 Å². The molecule has 150 valence electrons. The number of nitrogens with zero attached hydrogens (tertiary/aromatic N) is 3. The number of hydrogen-bond acceptors (Lipinski definition) is 4. The van der Waals surface area contributed by atoms with Crippen molar-refractivity contribution in [2.24, 2.45) is 0 Å². The number of benzene rings is 1. The maximum atomic E-state index is 13.8. The van der Waals surface area contributed by atoms with Gasteiger partial charge in [-0.3, -0.25) is 14.0 Å². The summed E-state index contributed by atoms with van der Waals surface area (Å²) in [5, 5.41) is 7.20. The highest BCUT2D eigenvalue weighted by Crippen LogP contribution is 2.21. The Morgan fingerprint density at radius 2 is 2.03 bits per heavy atom. The summed E-state index contributed by atoms with van der Waals surface area (Å²) in [5.41, 5.74) is 1.78. The van der Waals surface area contributed by atoms with Gasteiger partial charge in [0.2, 0.25) is 5.91 Å². The van der Waals surface area contributed by atoms with Crippen LogP contribution in [0.4, 0.5) is 4.39 Å². The third-order valence-corrected chi connectivity index (χ3v) is 5.04. The number of halogens is 1. The Bertz CT molecular complexity index is 1250. The lowest BCUT2D eigenvalue weighted by Gasteiger charge is -2.18. The first-order chi connectivity index (χ1) is 14.0. The molecule has 1 N–H and O–H groups in total. The van der Waals surface area contributed by atoms with Crippen molar-refractivity contribution in [3.8, 4) is 0 Å². The molecule has 0 saturated heterocycles. The summed E-state index contributed by atoms with van der Waals surface area (Å²) >= 11 is 0. The molecule has 8 heteroatoms. The number of hydrogen-bond donors (Lipinski definition) is 1. The fraction of sp³-hybridized carbons (Fsp3) is 0.286. The van der Waals surface area contributed by atoms with E-state index in [2.05, 4.69) is 10.4 Å². The van der Waals surface area contributed by atoms with Gasteiger partial charge in [0.1, 0.15) is 23.2 Å². The molecular formula is C21H21FN4O3. The fourth-order valence-corrected chi connectivity index (χ4v) is 3.54. The molecule has 3 aromatic heterocycles. The number of aryl methyl sites for hydroxylation is 1. The largest absolute Gasteiger partial charge is 0.463 e. The summed E-state index contributed by atoms with van der Waals surface area (Å²) < 4.78 is 22.2. The minimum atomic E-state index is -0.800. The minimum Gasteiger partial charge on any atom is -0.463 e. The van der Waals surface area contributed by atoms with E-state index >= 15 is 0 Å². The minimum absolute atomic E-state index is 0.0394. The first-order valence-corrected chi connectivity index (χ1v) is 9.56. The number of furan rings is 1. The smallest absolute Gasteiger partial charge is 0.291 e. The second-order valence-corrected chi connectivity index (χ2v) is 6.79. The molecule has 29 heavy (non-hydrogen) atoms. The lowest BCUT2D eigenvalue weighted by Crippen LogP contribution is -2.39. The lowest BCUT2D eigenvalue weighted by atomic mass is 10.2. The van der Waals surface area contributed by atoms with Gasteiger partial charge in [0.05, 0.1) is 11.8 Å². The highest BCUT2D eigenvalue weighted by molar-refractivity contribution is 5.83. The van der Waals surface area contributed by atoms with Gasteiger partial charge in [0.15, 0.2) is 5.58 Å². The van der Waals surface area contributed by atoms with E-state index in [1.807, 2.05) is 6.92 Å². The normalized spacial score (nSPS) is 12.5. The van der Waals surface area contributed by atoms with E-state index in [1.165, 1.54) is 10.7 Å². The van der Waals surface area contributed by atoms with Crippen LogP contribution in [0.2, 0.25) is 0 Å². The molecular weight excluding hydrogens is 375 g/mol. The van der Waals surface area contributed by atoms with Crippen molar-refractivity contribution in [1.82, 2.24) is 19.5 Å². The first kappa shape index (κ1) is 18.9. The van der Waals surface area contributed by atoms with Gasteiger partial charge in [0, 0.05) is 30.7 Å². The molecule has 0 radical (unpaired) electrons. The second-order valence-electron chi connectivity index (χ2n) is 6.79. The molecule has 0 fully saturated rings. The van der Waals surface area contributed by atoms with Crippen LogP contribution in [0.1, 0.15) is 37.7 Å². The van der Waals surface area contributed by atoms with E-state index in [0.29, 0.717) is 35.3 Å². The SMILES string of the molecule is CCc1nn([C@@H](CC)C(=O)NCc2ccccc2F)c(=O)c2cc3occc3n12. The maximum absolute atomic E-state index is 13.8. The summed E-state index contributed by atoms with van der Waals surface area (Å²) in [6, 6.07) is 8.90. The Labute approximate surface area is 165 Å². The number of carbonyl (C=O) groups is 1. The number of amides is 1. The number of rotatable bonds is 6. The molecule has 0 aliphatic carbocycles. The Hall–Kier alpha value is -3.42. The van der Waals surface area contributed by atoms with Crippen LogP contribution in [0.5, 0.6) is 0 Å². The van der Waals surface area contributed by atoms with Crippen molar-refractivity contribution < 1.29 is 13.6 Å². The molecule has 7 nitrogen and oxygen atoms in total. The van der Waals surface area contributed by atoms with Crippen molar-refractivity contribution in [3.63, 3.8) is 0 Å². The lowest BCUT2D eigenvalue weighted by molar-refractivity contribution is -0.125. The standard InChI is InChI=1S/C21H21FN4O3/c1-3-15(20(27)23-12-13-7-5-6-8-14(13)22)26-21(28)17-11-18-16(9-10-29-18)25(17)19(4-2)24-26/h5-11,15H,3-4,12H2,1-2H3,(H,23,27)/t15-/m0/s1. The highest BCUT2D eigenvalue weighted by Gasteiger charge is 2.24. The number of carbonyl (C=O) groups excluding carboxylic acids is 1. The van der Waals surface area contributed by atoms with Crippen LogP contribution in [0.3, 0.4) is 0 Å². The van der Waals surface area contributed by atoms with E-state index in [9.17, 15) is 14.0 Å². The van der Waals surface area contributed by atoms with Crippen molar-refractivity contribution >= 4 is 22.5 Å². The Kier molecular flexibility index (Phi) is 4.92. The molecule has 0 unspecified atom stereocenters. The predicted octanol–water partition coefficient (Wildman–Crippen LogP) is 3.21. The van der Waals surface area contributed by atoms with E-state index in [0.717, 1.165) is 5.52 Å². The molecule has 0 aliphatic heterocycles. The maximum Gasteiger partial charge on any atom is 0.291 e. The van der Waals surface area contributed by atoms with E-state index in [1.54, 1.807) is 47.9 Å². The zero-order chi connectivity index (χ0) is 20.5. The van der Waals surface area contributed by atoms with Crippen molar-refractivity contribution in [2.45, 2.75) is 39.3 Å². The monoisotopic (exact) mass is 396 g/mol. The van der Waals surface area contributed by atoms with Crippen LogP contribution < -0.4 is 10.9 Å². The number of nitrogens with one attached hydrogen (secondary N) is 1. The van der Waals surface area contributed by atoms with E-state index in [4.69, 9.17) is 4.42 Å². The topological polar surface area (TPSA) is 81.5 Å². The third-order valence-electron chi connectivity index (χ3n) is 5.04. The summed E-state index contributed by atoms with van der Waals surface area (Å²) in [6.07, 6.45) is 2.50. The van der Waals surface area contributed by atoms with Crippen LogP contribution in [-0.4, -0.2) is 20.1 Å². The predicted molar refractivity (Wildman–Crippen MR) is 106 cm³/mol. The molecule has 4 aromatic rings. The second kappa shape index (κ2) is 7.54. The van der Waals surface area contributed by atoms with Crippen LogP contribution >= 0.6 is 0 Å². The van der Waals surface area contributed by atoms with E-state index < -0.39 is 6.04 Å². The molecule has 0 aliphatic rings. The van der Waals surface area contributed by atoms with Gasteiger partial charge in [0.25, 0.3) is 5.56 Å². The van der Waals surface area contributed by atoms with Gasteiger partial charge in [-0.1, -0.05) is 32.0 Å². The molecule has 3 heterocycles. The summed E-state index contributed by atoms with van der Waals surface area (Å²) in [5.74, 6) is -0.120. The number of fused-ring (bicyclic) bond motifs is 3. The molecule has 0 saturated carbocycles. The van der Waals surface area contributed by atoms with Gasteiger partial charge in [-0.15, -0.1) is 0 Å². The molecule has 1 amide bonds. The average molecular weight is 396 g/mol. The van der Waals surface area contributed by atoms with Gasteiger partial charge >= 0.3 is 0 Å². The zero-order valence-electron chi connectivity index (χ0n) is 16.2. The summed E-state index contributed by atoms with van der Waals surface area (Å²) in [4.78, 5) is 25.9. The quantitative estimate of drug-likeness (QED) is 0.543. The van der Waals surface area contributed by atoms with Crippen molar-refractivity contribution in [2.75, 3.05) is 0 Å². The van der Waals surface area contributed by atoms with Gasteiger partial charge in [-0.2, -0.15) is 5.10 Å². The van der Waals surface area contributed by atoms with Crippen molar-refractivity contribution in [1.29, 1.82) is 0 Å². The number of aromatic nitrogens is 3. The molecule has 0 spiro atoms. The van der Waals surface area contributed by atoms with Crippen LogP contribution in [-0.2, 0) is 17.8 Å². The van der Waals surface area contributed by atoms with E-state index in [-0.39, 0.29) is 23.8 Å². The van der Waals surface area contributed by atoms with Crippen LogP contribution in [0.25, 0.3) is 16.6 Å². The first-order valence-electron chi connectivity index (χ1n) is 9.56. The molecule has 0 bridgehead atoms. The van der Waals surface area contributed by atoms with Crippen molar-refractivity contribution in [3.05, 3.63) is 70.2 Å². The van der Waals surface area contributed by atoms with Gasteiger partial charge in [-0.25, -0.2) is 9.07 Å². The Balaban J connectivity index is 1.71. The van der Waals surface area contributed by atoms with Crippen LogP contribution in [0.15, 0.2) is 51.9 Å². The average Bonchev–Trinajstić information content (AvgIpc) is 3.31.